The van der Waals surface area contributed by atoms with E-state index in [1.165, 1.54) is 87.7 Å². The summed E-state index contributed by atoms with van der Waals surface area (Å²) in [4.78, 5) is 26.6. The first-order valence-corrected chi connectivity index (χ1v) is 18.2. The lowest BCUT2D eigenvalue weighted by Crippen LogP contribution is -2.62. The van der Waals surface area contributed by atoms with E-state index in [0.717, 1.165) is 19.3 Å². The van der Waals surface area contributed by atoms with Crippen LogP contribution in [-0.4, -0.2) is 96.3 Å². The SMILES string of the molecule is CCCCCCCCCCCCCCCCCC(=O)OC[C@H](COP(=O)(O)O[C@H]1[C@H](O)[C@@H](O)[C@H](O)[C@@H](CO)[C@H]1O)n1ccnc1. The van der Waals surface area contributed by atoms with Crippen molar-refractivity contribution in [2.24, 2.45) is 5.92 Å². The summed E-state index contributed by atoms with van der Waals surface area (Å²) < 4.78 is 29.7. The number of aromatic nitrogens is 2. The van der Waals surface area contributed by atoms with Crippen LogP contribution in [0.1, 0.15) is 116 Å². The molecular weight excluding hydrogens is 607 g/mol. The van der Waals surface area contributed by atoms with Crippen LogP contribution in [0.25, 0.3) is 0 Å². The van der Waals surface area contributed by atoms with Gasteiger partial charge in [-0.3, -0.25) is 13.8 Å². The van der Waals surface area contributed by atoms with Gasteiger partial charge in [0.1, 0.15) is 24.9 Å². The van der Waals surface area contributed by atoms with Crippen LogP contribution in [0.2, 0.25) is 0 Å². The molecule has 1 heterocycles. The first-order valence-electron chi connectivity index (χ1n) is 16.7. The summed E-state index contributed by atoms with van der Waals surface area (Å²) >= 11 is 0. The average molecular weight is 665 g/mol. The van der Waals surface area contributed by atoms with Gasteiger partial charge in [-0.2, -0.15) is 0 Å². The Labute approximate surface area is 267 Å². The van der Waals surface area contributed by atoms with Gasteiger partial charge < -0.3 is 39.7 Å². The molecule has 0 radical (unpaired) electrons. The number of aliphatic hydroxyl groups excluding tert-OH is 5. The minimum atomic E-state index is -4.94. The molecule has 262 valence electrons. The highest BCUT2D eigenvalue weighted by atomic mass is 31.2. The van der Waals surface area contributed by atoms with Gasteiger partial charge in [-0.1, -0.05) is 96.8 Å². The summed E-state index contributed by atoms with van der Waals surface area (Å²) in [7, 11) is -4.94. The molecule has 1 aliphatic rings. The Morgan fingerprint density at radius 2 is 1.38 bits per heavy atom. The number of carbonyl (C=O) groups is 1. The topological polar surface area (TPSA) is 201 Å². The molecular formula is C31H57N2O11P. The Morgan fingerprint density at radius 3 is 1.89 bits per heavy atom. The second-order valence-electron chi connectivity index (χ2n) is 12.2. The number of phosphoric acid groups is 1. The first kappa shape index (κ1) is 39.8. The number of carbonyl (C=O) groups excluding carboxylic acids is 1. The van der Waals surface area contributed by atoms with Crippen LogP contribution in [0, 0.1) is 5.92 Å². The van der Waals surface area contributed by atoms with Gasteiger partial charge in [0.05, 0.1) is 37.8 Å². The molecule has 1 aromatic heterocycles. The molecule has 1 unspecified atom stereocenters. The molecule has 1 aliphatic carbocycles. The molecule has 2 rings (SSSR count). The van der Waals surface area contributed by atoms with Crippen LogP contribution in [0.4, 0.5) is 0 Å². The Morgan fingerprint density at radius 1 is 0.822 bits per heavy atom. The number of hydrogen-bond donors (Lipinski definition) is 6. The fourth-order valence-corrected chi connectivity index (χ4v) is 6.59. The molecule has 0 spiro atoms. The van der Waals surface area contributed by atoms with Crippen molar-refractivity contribution in [2.45, 2.75) is 146 Å². The first-order chi connectivity index (χ1) is 21.6. The van der Waals surface area contributed by atoms with Crippen molar-refractivity contribution in [3.63, 3.8) is 0 Å². The Bertz CT molecular complexity index is 954. The van der Waals surface area contributed by atoms with E-state index >= 15 is 0 Å². The number of hydrogen-bond acceptors (Lipinski definition) is 11. The van der Waals surface area contributed by atoms with Crippen LogP contribution >= 0.6 is 7.82 Å². The predicted octanol–water partition coefficient (Wildman–Crippen LogP) is 3.80. The maximum atomic E-state index is 12.7. The smallest absolute Gasteiger partial charge is 0.463 e. The van der Waals surface area contributed by atoms with Crippen molar-refractivity contribution in [1.29, 1.82) is 0 Å². The van der Waals surface area contributed by atoms with Crippen molar-refractivity contribution in [3.05, 3.63) is 18.7 Å². The molecule has 8 atom stereocenters. The highest BCUT2D eigenvalue weighted by Crippen LogP contribution is 2.48. The summed E-state index contributed by atoms with van der Waals surface area (Å²) in [6.45, 7) is 0.855. The molecule has 0 amide bonds. The lowest BCUT2D eigenvalue weighted by atomic mass is 9.79. The third-order valence-corrected chi connectivity index (χ3v) is 9.50. The standard InChI is InChI=1S/C31H57N2O11P/c1-2-3-4-5-6-7-8-9-10-11-12-13-14-15-16-17-26(35)42-21-24(33-19-18-32-23-33)22-43-45(40,41)44-31-28(37)25(20-34)27(36)29(38)30(31)39/h18-19,23-25,27-31,34,36-39H,2-17,20-22H2,1H3,(H,40,41)/t24-,25-,27-,28-,29+,30-,31-/m1/s1. The Balaban J connectivity index is 1.65. The minimum absolute atomic E-state index is 0.167. The van der Waals surface area contributed by atoms with Crippen LogP contribution in [0.5, 0.6) is 0 Å². The lowest BCUT2D eigenvalue weighted by molar-refractivity contribution is -0.206. The number of aliphatic hydroxyl groups is 5. The number of nitrogens with zero attached hydrogens (tertiary/aromatic N) is 2. The highest BCUT2D eigenvalue weighted by molar-refractivity contribution is 7.47. The van der Waals surface area contributed by atoms with Crippen LogP contribution in [0.3, 0.4) is 0 Å². The van der Waals surface area contributed by atoms with Crippen molar-refractivity contribution in [2.75, 3.05) is 19.8 Å². The van der Waals surface area contributed by atoms with Crippen LogP contribution in [-0.2, 0) is 23.1 Å². The van der Waals surface area contributed by atoms with E-state index in [-0.39, 0.29) is 13.0 Å². The molecule has 1 fully saturated rings. The fraction of sp³-hybridized carbons (Fsp3) is 0.871. The van der Waals surface area contributed by atoms with Gasteiger partial charge in [-0.05, 0) is 6.42 Å². The maximum absolute atomic E-state index is 12.7. The maximum Gasteiger partial charge on any atom is 0.472 e. The van der Waals surface area contributed by atoms with Crippen LogP contribution < -0.4 is 0 Å². The van der Waals surface area contributed by atoms with Gasteiger partial charge in [0, 0.05) is 24.7 Å². The zero-order chi connectivity index (χ0) is 33.1. The zero-order valence-electron chi connectivity index (χ0n) is 26.8. The van der Waals surface area contributed by atoms with Gasteiger partial charge in [0.2, 0.25) is 0 Å². The number of phosphoric ester groups is 1. The monoisotopic (exact) mass is 664 g/mol. The Kier molecular flexibility index (Phi) is 19.6. The summed E-state index contributed by atoms with van der Waals surface area (Å²) in [5.74, 6) is -1.72. The van der Waals surface area contributed by atoms with E-state index in [1.54, 1.807) is 6.20 Å². The third-order valence-electron chi connectivity index (χ3n) is 8.51. The van der Waals surface area contributed by atoms with E-state index in [9.17, 15) is 39.8 Å². The van der Waals surface area contributed by atoms with Crippen molar-refractivity contribution < 1.29 is 53.6 Å². The molecule has 14 heteroatoms. The van der Waals surface area contributed by atoms with Gasteiger partial charge >= 0.3 is 13.8 Å². The van der Waals surface area contributed by atoms with E-state index in [1.807, 2.05) is 0 Å². The molecule has 0 aliphatic heterocycles. The fourth-order valence-electron chi connectivity index (χ4n) is 5.61. The molecule has 1 aromatic rings. The van der Waals surface area contributed by atoms with Gasteiger partial charge in [0.25, 0.3) is 0 Å². The number of ether oxygens (including phenoxy) is 1. The molecule has 45 heavy (non-hydrogen) atoms. The Hall–Kier alpha value is -1.41. The summed E-state index contributed by atoms with van der Waals surface area (Å²) in [5.41, 5.74) is 0. The largest absolute Gasteiger partial charge is 0.472 e. The number of unbranched alkanes of at least 4 members (excludes halogenated alkanes) is 14. The number of rotatable bonds is 25. The molecule has 6 N–H and O–H groups in total. The highest BCUT2D eigenvalue weighted by Gasteiger charge is 2.51. The third kappa shape index (κ3) is 14.9. The predicted molar refractivity (Wildman–Crippen MR) is 167 cm³/mol. The molecule has 0 saturated heterocycles. The summed E-state index contributed by atoms with van der Waals surface area (Å²) in [6, 6.07) is -0.736. The van der Waals surface area contributed by atoms with E-state index in [4.69, 9.17) is 13.8 Å². The minimum Gasteiger partial charge on any atom is -0.463 e. The van der Waals surface area contributed by atoms with Gasteiger partial charge in [-0.15, -0.1) is 0 Å². The van der Waals surface area contributed by atoms with E-state index < -0.39 is 69.5 Å². The lowest BCUT2D eigenvalue weighted by Gasteiger charge is -2.43. The summed E-state index contributed by atoms with van der Waals surface area (Å²) in [5, 5.41) is 49.9. The van der Waals surface area contributed by atoms with Gasteiger partial charge in [-0.25, -0.2) is 9.55 Å². The second-order valence-corrected chi connectivity index (χ2v) is 13.6. The van der Waals surface area contributed by atoms with Crippen LogP contribution in [0.15, 0.2) is 18.7 Å². The normalized spacial score (nSPS) is 25.6. The van der Waals surface area contributed by atoms with Crippen molar-refractivity contribution in [1.82, 2.24) is 9.55 Å². The van der Waals surface area contributed by atoms with E-state index in [0.29, 0.717) is 6.42 Å². The number of imidazole rings is 1. The van der Waals surface area contributed by atoms with Crippen molar-refractivity contribution in [3.8, 4) is 0 Å². The molecule has 1 saturated carbocycles. The zero-order valence-corrected chi connectivity index (χ0v) is 27.7. The molecule has 0 aromatic carbocycles. The second kappa shape index (κ2) is 22.2. The summed E-state index contributed by atoms with van der Waals surface area (Å²) in [6.07, 6.45) is 14.1. The van der Waals surface area contributed by atoms with Crippen molar-refractivity contribution >= 4 is 13.8 Å². The van der Waals surface area contributed by atoms with E-state index in [2.05, 4.69) is 11.9 Å². The van der Waals surface area contributed by atoms with Gasteiger partial charge in [0.15, 0.2) is 0 Å². The number of esters is 1. The quantitative estimate of drug-likeness (QED) is 0.0503. The molecule has 13 nitrogen and oxygen atoms in total. The average Bonchev–Trinajstić information content (AvgIpc) is 3.55. The molecule has 0 bridgehead atoms.